The highest BCUT2D eigenvalue weighted by atomic mass is 32.2. The largest absolute Gasteiger partial charge is 0.493 e. The third-order valence-corrected chi connectivity index (χ3v) is 7.54. The maximum atomic E-state index is 13.1. The highest BCUT2D eigenvalue weighted by molar-refractivity contribution is 8.27. The van der Waals surface area contributed by atoms with Crippen LogP contribution in [0.5, 0.6) is 11.5 Å². The van der Waals surface area contributed by atoms with Crippen molar-refractivity contribution in [3.63, 3.8) is 0 Å². The summed E-state index contributed by atoms with van der Waals surface area (Å²) < 4.78 is 11.8. The first-order valence-corrected chi connectivity index (χ1v) is 13.2. The molecule has 1 fully saturated rings. The van der Waals surface area contributed by atoms with Crippen LogP contribution in [-0.2, 0) is 4.79 Å². The van der Waals surface area contributed by atoms with Crippen molar-refractivity contribution in [1.29, 1.82) is 0 Å². The molecule has 1 aliphatic heterocycles. The van der Waals surface area contributed by atoms with Crippen LogP contribution in [0.4, 0.5) is 5.69 Å². The molecular formula is C27H23NO5S3. The summed E-state index contributed by atoms with van der Waals surface area (Å²) in [5.74, 6) is 0.603. The molecule has 0 aliphatic carbocycles. The molecular weight excluding hydrogens is 515 g/mol. The van der Waals surface area contributed by atoms with Crippen LogP contribution >= 0.6 is 35.7 Å². The van der Waals surface area contributed by atoms with E-state index in [-0.39, 0.29) is 11.5 Å². The second kappa shape index (κ2) is 11.6. The molecule has 36 heavy (non-hydrogen) atoms. The predicted molar refractivity (Wildman–Crippen MR) is 149 cm³/mol. The number of benzene rings is 3. The van der Waals surface area contributed by atoms with Crippen molar-refractivity contribution in [2.24, 2.45) is 0 Å². The molecule has 0 saturated carbocycles. The van der Waals surface area contributed by atoms with Gasteiger partial charge in [0.05, 0.1) is 29.9 Å². The van der Waals surface area contributed by atoms with E-state index in [2.05, 4.69) is 31.2 Å². The molecule has 1 heterocycles. The molecule has 1 saturated heterocycles. The first kappa shape index (κ1) is 25.8. The van der Waals surface area contributed by atoms with Crippen molar-refractivity contribution >= 4 is 63.7 Å². The Morgan fingerprint density at radius 2 is 1.89 bits per heavy atom. The van der Waals surface area contributed by atoms with E-state index in [0.717, 1.165) is 11.3 Å². The van der Waals surface area contributed by atoms with Crippen molar-refractivity contribution in [3.8, 4) is 11.5 Å². The zero-order chi connectivity index (χ0) is 25.7. The predicted octanol–water partition coefficient (Wildman–Crippen LogP) is 6.28. The third-order valence-electron chi connectivity index (χ3n) is 5.26. The quantitative estimate of drug-likeness (QED) is 0.148. The van der Waals surface area contributed by atoms with Crippen molar-refractivity contribution in [1.82, 2.24) is 0 Å². The molecule has 9 heteroatoms. The summed E-state index contributed by atoms with van der Waals surface area (Å²) in [5, 5.41) is 9.26. The van der Waals surface area contributed by atoms with Gasteiger partial charge in [-0.2, -0.15) is 0 Å². The molecule has 0 atom stereocenters. The molecule has 3 aromatic carbocycles. The normalized spacial score (nSPS) is 14.4. The van der Waals surface area contributed by atoms with Crippen LogP contribution in [0, 0.1) is 6.92 Å². The van der Waals surface area contributed by atoms with Crippen molar-refractivity contribution in [3.05, 3.63) is 88.3 Å². The number of amides is 1. The van der Waals surface area contributed by atoms with Gasteiger partial charge in [-0.1, -0.05) is 53.8 Å². The number of thioether (sulfide) groups is 2. The van der Waals surface area contributed by atoms with Gasteiger partial charge in [-0.15, -0.1) is 11.8 Å². The van der Waals surface area contributed by atoms with Gasteiger partial charge in [-0.05, 0) is 61.0 Å². The first-order valence-electron chi connectivity index (χ1n) is 11.0. The number of carbonyl (C=O) groups is 2. The van der Waals surface area contributed by atoms with Gasteiger partial charge in [0.1, 0.15) is 0 Å². The summed E-state index contributed by atoms with van der Waals surface area (Å²) in [6.07, 6.45) is 1.74. The summed E-state index contributed by atoms with van der Waals surface area (Å²) in [4.78, 5) is 27.4. The number of hydrogen-bond donors (Lipinski definition) is 1. The standard InChI is InChI=1S/C27H23NO5S3/c1-17-6-9-21(10-7-17)35-13-12-33-22-11-8-18(14-23(22)32-2)15-24-25(29)28(27(34)36-24)20-5-3-4-19(16-20)26(30)31/h3-11,14-16H,12-13H2,1-2H3,(H,30,31)/b24-15-. The Hall–Kier alpha value is -3.27. The van der Waals surface area contributed by atoms with Gasteiger partial charge in [-0.25, -0.2) is 4.79 Å². The molecule has 1 amide bonds. The lowest BCUT2D eigenvalue weighted by atomic mass is 10.1. The summed E-state index contributed by atoms with van der Waals surface area (Å²) in [5.41, 5.74) is 2.50. The van der Waals surface area contributed by atoms with Gasteiger partial charge >= 0.3 is 5.97 Å². The maximum absolute atomic E-state index is 13.1. The number of ether oxygens (including phenoxy) is 2. The fraction of sp³-hybridized carbons (Fsp3) is 0.148. The van der Waals surface area contributed by atoms with E-state index in [4.69, 9.17) is 21.7 Å². The van der Waals surface area contributed by atoms with Gasteiger partial charge in [0.2, 0.25) is 0 Å². The Balaban J connectivity index is 1.43. The number of aryl methyl sites for hydroxylation is 1. The summed E-state index contributed by atoms with van der Waals surface area (Å²) in [7, 11) is 1.57. The molecule has 4 rings (SSSR count). The molecule has 0 bridgehead atoms. The number of hydrogen-bond acceptors (Lipinski definition) is 7. The molecule has 0 aromatic heterocycles. The zero-order valence-corrected chi connectivity index (χ0v) is 22.0. The number of methoxy groups -OCH3 is 1. The third kappa shape index (κ3) is 6.10. The van der Waals surface area contributed by atoms with E-state index < -0.39 is 5.97 Å². The van der Waals surface area contributed by atoms with E-state index >= 15 is 0 Å². The highest BCUT2D eigenvalue weighted by Crippen LogP contribution is 2.37. The summed E-state index contributed by atoms with van der Waals surface area (Å²) >= 11 is 8.29. The first-order chi connectivity index (χ1) is 17.4. The highest BCUT2D eigenvalue weighted by Gasteiger charge is 2.33. The molecule has 1 aliphatic rings. The van der Waals surface area contributed by atoms with E-state index in [9.17, 15) is 14.7 Å². The molecule has 6 nitrogen and oxygen atoms in total. The summed E-state index contributed by atoms with van der Waals surface area (Å²) in [6, 6.07) is 20.0. The van der Waals surface area contributed by atoms with Crippen molar-refractivity contribution in [2.75, 3.05) is 24.4 Å². The number of carbonyl (C=O) groups excluding carboxylic acids is 1. The van der Waals surface area contributed by atoms with Crippen LogP contribution in [0.2, 0.25) is 0 Å². The Morgan fingerprint density at radius 1 is 1.11 bits per heavy atom. The van der Waals surface area contributed by atoms with Gasteiger partial charge in [0, 0.05) is 10.6 Å². The average Bonchev–Trinajstić information content (AvgIpc) is 3.15. The van der Waals surface area contributed by atoms with Crippen LogP contribution in [0.15, 0.2) is 76.5 Å². The van der Waals surface area contributed by atoms with Crippen LogP contribution in [0.1, 0.15) is 21.5 Å². The van der Waals surface area contributed by atoms with Crippen molar-refractivity contribution in [2.45, 2.75) is 11.8 Å². The molecule has 0 unspecified atom stereocenters. The second-order valence-corrected chi connectivity index (χ2v) is 10.6. The number of carboxylic acid groups (broad SMARTS) is 1. The maximum Gasteiger partial charge on any atom is 0.335 e. The monoisotopic (exact) mass is 537 g/mol. The molecule has 0 radical (unpaired) electrons. The lowest BCUT2D eigenvalue weighted by Crippen LogP contribution is -2.27. The Kier molecular flexibility index (Phi) is 8.35. The minimum absolute atomic E-state index is 0.0862. The zero-order valence-electron chi connectivity index (χ0n) is 19.6. The Labute approximate surface area is 223 Å². The number of nitrogens with zero attached hydrogens (tertiary/aromatic N) is 1. The van der Waals surface area contributed by atoms with E-state index in [1.807, 2.05) is 12.1 Å². The smallest absolute Gasteiger partial charge is 0.335 e. The van der Waals surface area contributed by atoms with E-state index in [0.29, 0.717) is 33.0 Å². The van der Waals surface area contributed by atoms with Gasteiger partial charge in [0.25, 0.3) is 5.91 Å². The molecule has 1 N–H and O–H groups in total. The van der Waals surface area contributed by atoms with Crippen LogP contribution in [0.25, 0.3) is 6.08 Å². The van der Waals surface area contributed by atoms with Crippen LogP contribution in [-0.4, -0.2) is 40.8 Å². The molecule has 184 valence electrons. The Bertz CT molecular complexity index is 1340. The SMILES string of the molecule is COc1cc(/C=C2\SC(=S)N(c3cccc(C(=O)O)c3)C2=O)ccc1OCCSc1ccc(C)cc1. The second-order valence-electron chi connectivity index (χ2n) is 7.79. The molecule has 3 aromatic rings. The lowest BCUT2D eigenvalue weighted by Gasteiger charge is -2.14. The summed E-state index contributed by atoms with van der Waals surface area (Å²) in [6.45, 7) is 2.58. The van der Waals surface area contributed by atoms with Gasteiger partial charge in [-0.3, -0.25) is 9.69 Å². The Morgan fingerprint density at radius 3 is 2.61 bits per heavy atom. The van der Waals surface area contributed by atoms with Gasteiger partial charge < -0.3 is 14.6 Å². The number of rotatable bonds is 9. The van der Waals surface area contributed by atoms with Crippen LogP contribution in [0.3, 0.4) is 0 Å². The number of thiocarbonyl (C=S) groups is 1. The minimum Gasteiger partial charge on any atom is -0.493 e. The van der Waals surface area contributed by atoms with E-state index in [1.165, 1.54) is 39.3 Å². The molecule has 0 spiro atoms. The lowest BCUT2D eigenvalue weighted by molar-refractivity contribution is -0.113. The topological polar surface area (TPSA) is 76.1 Å². The number of anilines is 1. The van der Waals surface area contributed by atoms with Crippen LogP contribution < -0.4 is 14.4 Å². The fourth-order valence-electron chi connectivity index (χ4n) is 3.46. The van der Waals surface area contributed by atoms with Crippen molar-refractivity contribution < 1.29 is 24.2 Å². The minimum atomic E-state index is -1.07. The van der Waals surface area contributed by atoms with E-state index in [1.54, 1.807) is 43.1 Å². The van der Waals surface area contributed by atoms with Gasteiger partial charge in [0.15, 0.2) is 15.8 Å². The number of carboxylic acids is 1. The number of aromatic carboxylic acids is 1. The average molecular weight is 538 g/mol. The fourth-order valence-corrected chi connectivity index (χ4v) is 5.49.